The highest BCUT2D eigenvalue weighted by molar-refractivity contribution is 6.28. The standard InChI is InChI=1S/C11H18ClN5O/c1-3-17-6-4-5-8(7-17)13-10-14-9(12)15-11(16-10)18-2/h8H,3-7H2,1-2H3,(H,13,14,15,16). The average molecular weight is 272 g/mol. The van der Waals surface area contributed by atoms with E-state index >= 15 is 0 Å². The number of anilines is 1. The van der Waals surface area contributed by atoms with Crippen LogP contribution in [0, 0.1) is 0 Å². The number of likely N-dealkylation sites (tertiary alicyclic amines) is 1. The molecule has 6 nitrogen and oxygen atoms in total. The van der Waals surface area contributed by atoms with Crippen LogP contribution in [-0.2, 0) is 0 Å². The molecule has 2 rings (SSSR count). The van der Waals surface area contributed by atoms with Gasteiger partial charge in [0.25, 0.3) is 0 Å². The molecule has 1 unspecified atom stereocenters. The van der Waals surface area contributed by atoms with Crippen LogP contribution in [0.3, 0.4) is 0 Å². The van der Waals surface area contributed by atoms with E-state index in [0.717, 1.165) is 26.1 Å². The number of aromatic nitrogens is 3. The van der Waals surface area contributed by atoms with Crippen molar-refractivity contribution in [2.75, 3.05) is 32.1 Å². The molecule has 0 spiro atoms. The van der Waals surface area contributed by atoms with Crippen molar-refractivity contribution < 1.29 is 4.74 Å². The third-order valence-electron chi connectivity index (χ3n) is 3.06. The number of piperidine rings is 1. The Kier molecular flexibility index (Phi) is 4.54. The van der Waals surface area contributed by atoms with Gasteiger partial charge in [0, 0.05) is 12.6 Å². The molecule has 100 valence electrons. The first-order valence-electron chi connectivity index (χ1n) is 6.15. The maximum atomic E-state index is 5.81. The topological polar surface area (TPSA) is 63.2 Å². The maximum absolute atomic E-state index is 5.81. The van der Waals surface area contributed by atoms with Gasteiger partial charge in [0.05, 0.1) is 7.11 Å². The van der Waals surface area contributed by atoms with Crippen molar-refractivity contribution in [3.8, 4) is 6.01 Å². The molecular weight excluding hydrogens is 254 g/mol. The van der Waals surface area contributed by atoms with Gasteiger partial charge >= 0.3 is 6.01 Å². The molecule has 18 heavy (non-hydrogen) atoms. The van der Waals surface area contributed by atoms with Crippen LogP contribution in [-0.4, -0.2) is 52.6 Å². The summed E-state index contributed by atoms with van der Waals surface area (Å²) in [5, 5.41) is 3.44. The second kappa shape index (κ2) is 6.15. The minimum Gasteiger partial charge on any atom is -0.467 e. The summed E-state index contributed by atoms with van der Waals surface area (Å²) in [7, 11) is 1.51. The lowest BCUT2D eigenvalue weighted by atomic mass is 10.1. The summed E-state index contributed by atoms with van der Waals surface area (Å²) >= 11 is 5.81. The van der Waals surface area contributed by atoms with Gasteiger partial charge in [-0.2, -0.15) is 15.0 Å². The van der Waals surface area contributed by atoms with Crippen molar-refractivity contribution in [3.63, 3.8) is 0 Å². The van der Waals surface area contributed by atoms with Crippen LogP contribution in [0.2, 0.25) is 5.28 Å². The first-order valence-corrected chi connectivity index (χ1v) is 6.53. The monoisotopic (exact) mass is 271 g/mol. The highest BCUT2D eigenvalue weighted by atomic mass is 35.5. The molecule has 2 heterocycles. The minimum absolute atomic E-state index is 0.146. The van der Waals surface area contributed by atoms with Crippen LogP contribution in [0.15, 0.2) is 0 Å². The largest absolute Gasteiger partial charge is 0.467 e. The molecule has 7 heteroatoms. The number of nitrogens with one attached hydrogen (secondary N) is 1. The fourth-order valence-electron chi connectivity index (χ4n) is 2.13. The number of ether oxygens (including phenoxy) is 1. The Morgan fingerprint density at radius 1 is 1.44 bits per heavy atom. The third-order valence-corrected chi connectivity index (χ3v) is 3.23. The van der Waals surface area contributed by atoms with E-state index in [1.807, 2.05) is 0 Å². The lowest BCUT2D eigenvalue weighted by Gasteiger charge is -2.32. The van der Waals surface area contributed by atoms with Gasteiger partial charge in [-0.1, -0.05) is 6.92 Å². The van der Waals surface area contributed by atoms with Crippen molar-refractivity contribution in [1.29, 1.82) is 0 Å². The Morgan fingerprint density at radius 2 is 2.28 bits per heavy atom. The summed E-state index contributed by atoms with van der Waals surface area (Å²) < 4.78 is 4.97. The Balaban J connectivity index is 2.02. The normalized spacial score (nSPS) is 20.7. The fraction of sp³-hybridized carbons (Fsp3) is 0.727. The highest BCUT2D eigenvalue weighted by Gasteiger charge is 2.19. The second-order valence-electron chi connectivity index (χ2n) is 4.29. The summed E-state index contributed by atoms with van der Waals surface area (Å²) in [6.07, 6.45) is 2.30. The maximum Gasteiger partial charge on any atom is 0.322 e. The average Bonchev–Trinajstić information content (AvgIpc) is 2.38. The van der Waals surface area contributed by atoms with Crippen molar-refractivity contribution in [3.05, 3.63) is 5.28 Å². The van der Waals surface area contributed by atoms with Gasteiger partial charge in [-0.15, -0.1) is 0 Å². The van der Waals surface area contributed by atoms with E-state index in [4.69, 9.17) is 16.3 Å². The molecule has 1 aromatic rings. The van der Waals surface area contributed by atoms with Gasteiger partial charge in [-0.3, -0.25) is 0 Å². The van der Waals surface area contributed by atoms with Crippen molar-refractivity contribution >= 4 is 17.5 Å². The quantitative estimate of drug-likeness (QED) is 0.894. The number of halogens is 1. The summed E-state index contributed by atoms with van der Waals surface area (Å²) in [6, 6.07) is 0.586. The summed E-state index contributed by atoms with van der Waals surface area (Å²) in [5.74, 6) is 0.481. The first-order chi connectivity index (χ1) is 8.71. The molecule has 1 aliphatic heterocycles. The zero-order valence-electron chi connectivity index (χ0n) is 10.7. The highest BCUT2D eigenvalue weighted by Crippen LogP contribution is 2.16. The molecule has 1 N–H and O–H groups in total. The van der Waals surface area contributed by atoms with Crippen molar-refractivity contribution in [2.24, 2.45) is 0 Å². The lowest BCUT2D eigenvalue weighted by Crippen LogP contribution is -2.42. The zero-order chi connectivity index (χ0) is 13.0. The van der Waals surface area contributed by atoms with E-state index in [2.05, 4.69) is 32.1 Å². The molecule has 0 aliphatic carbocycles. The predicted molar refractivity (Wildman–Crippen MR) is 70.1 cm³/mol. The molecule has 1 saturated heterocycles. The lowest BCUT2D eigenvalue weighted by molar-refractivity contribution is 0.226. The smallest absolute Gasteiger partial charge is 0.322 e. The van der Waals surface area contributed by atoms with Crippen LogP contribution in [0.5, 0.6) is 6.01 Å². The minimum atomic E-state index is 0.146. The molecule has 0 bridgehead atoms. The molecule has 1 aliphatic rings. The van der Waals surface area contributed by atoms with Crippen molar-refractivity contribution in [2.45, 2.75) is 25.8 Å². The molecule has 0 saturated carbocycles. The molecule has 1 aromatic heterocycles. The number of rotatable bonds is 4. The third kappa shape index (κ3) is 3.43. The molecule has 0 amide bonds. The molecule has 0 aromatic carbocycles. The fourth-order valence-corrected chi connectivity index (χ4v) is 2.28. The van der Waals surface area contributed by atoms with Gasteiger partial charge in [0.2, 0.25) is 11.2 Å². The SMILES string of the molecule is CCN1CCCC(Nc2nc(Cl)nc(OC)n2)C1. The van der Waals surface area contributed by atoms with Crippen molar-refractivity contribution in [1.82, 2.24) is 19.9 Å². The van der Waals surface area contributed by atoms with Crippen LogP contribution in [0.25, 0.3) is 0 Å². The Bertz CT molecular complexity index is 403. The second-order valence-corrected chi connectivity index (χ2v) is 4.63. The first kappa shape index (κ1) is 13.3. The van der Waals surface area contributed by atoms with Crippen LogP contribution in [0.1, 0.15) is 19.8 Å². The van der Waals surface area contributed by atoms with Gasteiger partial charge in [-0.25, -0.2) is 0 Å². The van der Waals surface area contributed by atoms with E-state index in [-0.39, 0.29) is 11.3 Å². The Hall–Kier alpha value is -1.14. The van der Waals surface area contributed by atoms with Gasteiger partial charge in [-0.05, 0) is 37.5 Å². The van der Waals surface area contributed by atoms with E-state index in [1.54, 1.807) is 0 Å². The van der Waals surface area contributed by atoms with Gasteiger partial charge in [0.15, 0.2) is 0 Å². The zero-order valence-corrected chi connectivity index (χ0v) is 11.4. The van der Waals surface area contributed by atoms with Crippen LogP contribution < -0.4 is 10.1 Å². The molecule has 1 fully saturated rings. The Morgan fingerprint density at radius 3 is 3.00 bits per heavy atom. The van der Waals surface area contributed by atoms with E-state index in [0.29, 0.717) is 12.0 Å². The van der Waals surface area contributed by atoms with Gasteiger partial charge < -0.3 is 15.0 Å². The number of methoxy groups -OCH3 is 1. The van der Waals surface area contributed by atoms with E-state index in [9.17, 15) is 0 Å². The summed E-state index contributed by atoms with van der Waals surface area (Å²) in [4.78, 5) is 14.4. The summed E-state index contributed by atoms with van der Waals surface area (Å²) in [5.41, 5.74) is 0. The van der Waals surface area contributed by atoms with Crippen LogP contribution >= 0.6 is 11.6 Å². The Labute approximate surface area is 112 Å². The van der Waals surface area contributed by atoms with E-state index in [1.165, 1.54) is 13.5 Å². The molecule has 0 radical (unpaired) electrons. The number of hydrogen-bond acceptors (Lipinski definition) is 6. The van der Waals surface area contributed by atoms with Gasteiger partial charge in [0.1, 0.15) is 0 Å². The summed E-state index contributed by atoms with van der Waals surface area (Å²) in [6.45, 7) is 5.41. The molecule has 1 atom stereocenters. The number of hydrogen-bond donors (Lipinski definition) is 1. The number of likely N-dealkylation sites (N-methyl/N-ethyl adjacent to an activating group) is 1. The number of nitrogens with zero attached hydrogens (tertiary/aromatic N) is 4. The predicted octanol–water partition coefficient (Wildman–Crippen LogP) is 1.43. The molecular formula is C11H18ClN5O. The van der Waals surface area contributed by atoms with Crippen LogP contribution in [0.4, 0.5) is 5.95 Å². The van der Waals surface area contributed by atoms with E-state index < -0.39 is 0 Å².